The number of aliphatic hydroxyl groups is 2. The third kappa shape index (κ3) is 3.15. The normalized spacial score (nSPS) is 12.7. The van der Waals surface area contributed by atoms with E-state index in [-0.39, 0.29) is 0 Å². The predicted octanol–water partition coefficient (Wildman–Crippen LogP) is 1.82. The fourth-order valence-corrected chi connectivity index (χ4v) is 2.97. The highest BCUT2D eigenvalue weighted by Gasteiger charge is 2.25. The molecule has 0 saturated carbocycles. The summed E-state index contributed by atoms with van der Waals surface area (Å²) in [5.74, 6) is 0. The van der Waals surface area contributed by atoms with Crippen molar-refractivity contribution in [2.24, 2.45) is 0 Å². The van der Waals surface area contributed by atoms with Crippen molar-refractivity contribution in [1.82, 2.24) is 9.97 Å². The van der Waals surface area contributed by atoms with Crippen LogP contribution in [0.5, 0.6) is 0 Å². The van der Waals surface area contributed by atoms with Crippen LogP contribution in [0.1, 0.15) is 39.1 Å². The zero-order valence-corrected chi connectivity index (χ0v) is 13.3. The molecule has 2 heterocycles. The number of hydrogen-bond acceptors (Lipinski definition) is 7. The molecule has 0 saturated heterocycles. The molecule has 0 aliphatic carbocycles. The lowest BCUT2D eigenvalue weighted by molar-refractivity contribution is 0.0745. The van der Waals surface area contributed by atoms with Crippen molar-refractivity contribution in [1.29, 1.82) is 0 Å². The van der Waals surface area contributed by atoms with Crippen LogP contribution in [0.15, 0.2) is 12.3 Å². The van der Waals surface area contributed by atoms with Crippen LogP contribution in [0.25, 0.3) is 10.6 Å². The second-order valence-corrected chi connectivity index (χ2v) is 7.04. The Morgan fingerprint density at radius 3 is 2.05 bits per heavy atom. The third-order valence-electron chi connectivity index (χ3n) is 2.98. The molecule has 114 valence electrons. The van der Waals surface area contributed by atoms with E-state index in [1.54, 1.807) is 40.0 Å². The minimum atomic E-state index is -1.11. The fourth-order valence-electron chi connectivity index (χ4n) is 2.00. The van der Waals surface area contributed by atoms with E-state index in [9.17, 15) is 10.2 Å². The zero-order chi connectivity index (χ0) is 16.0. The number of anilines is 2. The Labute approximate surface area is 127 Å². The molecular formula is C14H20N4O2S. The first-order chi connectivity index (χ1) is 9.50. The zero-order valence-electron chi connectivity index (χ0n) is 12.5. The number of nitrogens with two attached hydrogens (primary N) is 2. The lowest BCUT2D eigenvalue weighted by Gasteiger charge is -2.18. The Morgan fingerprint density at radius 2 is 1.62 bits per heavy atom. The van der Waals surface area contributed by atoms with Gasteiger partial charge in [0.05, 0.1) is 11.4 Å². The second kappa shape index (κ2) is 4.94. The quantitative estimate of drug-likeness (QED) is 0.687. The molecule has 0 atom stereocenters. The van der Waals surface area contributed by atoms with Crippen LogP contribution in [0.3, 0.4) is 0 Å². The number of rotatable bonds is 3. The van der Waals surface area contributed by atoms with Gasteiger partial charge in [-0.2, -0.15) is 0 Å². The van der Waals surface area contributed by atoms with Crippen molar-refractivity contribution in [2.75, 3.05) is 11.5 Å². The van der Waals surface area contributed by atoms with Crippen LogP contribution >= 0.6 is 11.3 Å². The Bertz CT molecular complexity index is 669. The maximum absolute atomic E-state index is 10.0. The molecular weight excluding hydrogens is 288 g/mol. The maximum atomic E-state index is 10.0. The van der Waals surface area contributed by atoms with E-state index in [2.05, 4.69) is 9.97 Å². The van der Waals surface area contributed by atoms with Crippen molar-refractivity contribution in [3.05, 3.63) is 23.7 Å². The van der Waals surface area contributed by atoms with Crippen LogP contribution in [-0.4, -0.2) is 20.2 Å². The Balaban J connectivity index is 2.47. The van der Waals surface area contributed by atoms with Crippen LogP contribution in [0, 0.1) is 0 Å². The van der Waals surface area contributed by atoms with Gasteiger partial charge in [-0.05, 0) is 33.8 Å². The average molecular weight is 308 g/mol. The van der Waals surface area contributed by atoms with Crippen molar-refractivity contribution in [2.45, 2.75) is 38.9 Å². The molecule has 2 aromatic rings. The minimum Gasteiger partial charge on any atom is -0.397 e. The number of pyridine rings is 1. The molecule has 0 amide bonds. The van der Waals surface area contributed by atoms with Gasteiger partial charge in [0.25, 0.3) is 0 Å². The standard InChI is InChI=1S/C14H20N4O2S/c1-13(2,19)9-8(15)5-7(6-17-9)12-18-10(11(16)21-12)14(3,4)20/h5-6,19-20H,15-16H2,1-4H3. The third-order valence-corrected chi connectivity index (χ3v) is 3.91. The van der Waals surface area contributed by atoms with Gasteiger partial charge in [-0.1, -0.05) is 11.3 Å². The van der Waals surface area contributed by atoms with Crippen molar-refractivity contribution in [3.63, 3.8) is 0 Å². The van der Waals surface area contributed by atoms with Crippen molar-refractivity contribution in [3.8, 4) is 10.6 Å². The second-order valence-electron chi connectivity index (χ2n) is 6.01. The number of thiazole rings is 1. The van der Waals surface area contributed by atoms with Gasteiger partial charge in [-0.25, -0.2) is 4.98 Å². The SMILES string of the molecule is CC(C)(O)c1ncc(-c2nc(C(C)(C)O)c(N)s2)cc1N. The van der Waals surface area contributed by atoms with E-state index in [4.69, 9.17) is 11.5 Å². The molecule has 0 radical (unpaired) electrons. The highest BCUT2D eigenvalue weighted by molar-refractivity contribution is 7.18. The molecule has 0 bridgehead atoms. The van der Waals surface area contributed by atoms with Crippen molar-refractivity contribution >= 4 is 22.0 Å². The number of hydrogen-bond donors (Lipinski definition) is 4. The first-order valence-corrected chi connectivity index (χ1v) is 7.29. The van der Waals surface area contributed by atoms with E-state index in [1.165, 1.54) is 11.3 Å². The summed E-state index contributed by atoms with van der Waals surface area (Å²) in [6.07, 6.45) is 1.59. The van der Waals surface area contributed by atoms with Crippen LogP contribution in [0.2, 0.25) is 0 Å². The molecule has 6 N–H and O–H groups in total. The summed E-state index contributed by atoms with van der Waals surface area (Å²) in [4.78, 5) is 8.59. The Hall–Kier alpha value is -1.70. The highest BCUT2D eigenvalue weighted by Crippen LogP contribution is 2.36. The smallest absolute Gasteiger partial charge is 0.127 e. The molecule has 2 aromatic heterocycles. The van der Waals surface area contributed by atoms with Gasteiger partial charge in [-0.3, -0.25) is 4.98 Å². The predicted molar refractivity (Wildman–Crippen MR) is 84.7 cm³/mol. The molecule has 0 aliphatic rings. The highest BCUT2D eigenvalue weighted by atomic mass is 32.1. The lowest BCUT2D eigenvalue weighted by atomic mass is 10.0. The molecule has 7 heteroatoms. The molecule has 0 unspecified atom stereocenters. The van der Waals surface area contributed by atoms with Gasteiger partial charge in [0, 0.05) is 11.8 Å². The molecule has 0 aromatic carbocycles. The van der Waals surface area contributed by atoms with Gasteiger partial charge in [0.2, 0.25) is 0 Å². The Kier molecular flexibility index (Phi) is 3.69. The van der Waals surface area contributed by atoms with Crippen LogP contribution in [0.4, 0.5) is 10.7 Å². The monoisotopic (exact) mass is 308 g/mol. The van der Waals surface area contributed by atoms with Crippen LogP contribution < -0.4 is 11.5 Å². The van der Waals surface area contributed by atoms with Gasteiger partial charge < -0.3 is 21.7 Å². The lowest BCUT2D eigenvalue weighted by Crippen LogP contribution is -2.19. The summed E-state index contributed by atoms with van der Waals surface area (Å²) in [6, 6.07) is 1.70. The van der Waals surface area contributed by atoms with E-state index in [0.29, 0.717) is 32.6 Å². The van der Waals surface area contributed by atoms with Gasteiger partial charge in [0.1, 0.15) is 26.9 Å². The van der Waals surface area contributed by atoms with E-state index in [1.807, 2.05) is 0 Å². The number of nitrogens with zero attached hydrogens (tertiary/aromatic N) is 2. The molecule has 0 aliphatic heterocycles. The number of aromatic nitrogens is 2. The van der Waals surface area contributed by atoms with Crippen LogP contribution in [-0.2, 0) is 11.2 Å². The molecule has 2 rings (SSSR count). The summed E-state index contributed by atoms with van der Waals surface area (Å²) < 4.78 is 0. The topological polar surface area (TPSA) is 118 Å². The molecule has 6 nitrogen and oxygen atoms in total. The maximum Gasteiger partial charge on any atom is 0.127 e. The van der Waals surface area contributed by atoms with E-state index < -0.39 is 11.2 Å². The van der Waals surface area contributed by atoms with Gasteiger partial charge in [0.15, 0.2) is 0 Å². The fraction of sp³-hybridized carbons (Fsp3) is 0.429. The molecule has 0 spiro atoms. The van der Waals surface area contributed by atoms with E-state index >= 15 is 0 Å². The summed E-state index contributed by atoms with van der Waals surface area (Å²) in [7, 11) is 0. The first-order valence-electron chi connectivity index (χ1n) is 6.48. The molecule has 21 heavy (non-hydrogen) atoms. The largest absolute Gasteiger partial charge is 0.397 e. The van der Waals surface area contributed by atoms with Crippen molar-refractivity contribution < 1.29 is 10.2 Å². The van der Waals surface area contributed by atoms with E-state index in [0.717, 1.165) is 0 Å². The summed E-state index contributed by atoms with van der Waals surface area (Å²) in [5.41, 5.74) is 11.6. The van der Waals surface area contributed by atoms with Gasteiger partial charge in [-0.15, -0.1) is 0 Å². The van der Waals surface area contributed by atoms with Gasteiger partial charge >= 0.3 is 0 Å². The minimum absolute atomic E-state index is 0.388. The first kappa shape index (κ1) is 15.7. The summed E-state index contributed by atoms with van der Waals surface area (Å²) in [6.45, 7) is 6.51. The Morgan fingerprint density at radius 1 is 1.05 bits per heavy atom. The molecule has 0 fully saturated rings. The number of nitrogen functional groups attached to an aromatic ring is 2. The summed E-state index contributed by atoms with van der Waals surface area (Å²) >= 11 is 1.26. The average Bonchev–Trinajstić information content (AvgIpc) is 2.69. The summed E-state index contributed by atoms with van der Waals surface area (Å²) in [5, 5.41) is 21.1.